The molecule has 0 aromatic carbocycles. The van der Waals surface area contributed by atoms with Crippen LogP contribution < -0.4 is 0 Å². The first kappa shape index (κ1) is 73.1. The van der Waals surface area contributed by atoms with Crippen molar-refractivity contribution in [3.63, 3.8) is 0 Å². The molecule has 0 rings (SSSR count). The highest BCUT2D eigenvalue weighted by Crippen LogP contribution is 2.17. The van der Waals surface area contributed by atoms with Crippen molar-refractivity contribution >= 4 is 17.9 Å². The molecule has 6 heteroatoms. The average molecular weight is 1070 g/mol. The fourth-order valence-electron chi connectivity index (χ4n) is 8.91. The van der Waals surface area contributed by atoms with Gasteiger partial charge in [0.15, 0.2) is 6.10 Å². The van der Waals surface area contributed by atoms with Gasteiger partial charge in [-0.3, -0.25) is 14.4 Å². The van der Waals surface area contributed by atoms with Crippen molar-refractivity contribution < 1.29 is 28.6 Å². The molecule has 0 bridgehead atoms. The molecule has 1 atom stereocenters. The van der Waals surface area contributed by atoms with Crippen LogP contribution in [0.1, 0.15) is 303 Å². The van der Waals surface area contributed by atoms with E-state index < -0.39 is 6.10 Å². The average Bonchev–Trinajstić information content (AvgIpc) is 3.43. The highest BCUT2D eigenvalue weighted by molar-refractivity contribution is 5.71. The lowest BCUT2D eigenvalue weighted by molar-refractivity contribution is -0.167. The van der Waals surface area contributed by atoms with Crippen molar-refractivity contribution in [3.8, 4) is 0 Å². The topological polar surface area (TPSA) is 78.9 Å². The van der Waals surface area contributed by atoms with Crippen LogP contribution >= 0.6 is 0 Å². The lowest BCUT2D eigenvalue weighted by atomic mass is 10.0. The molecule has 0 radical (unpaired) electrons. The van der Waals surface area contributed by atoms with Gasteiger partial charge in [-0.2, -0.15) is 0 Å². The number of carbonyl (C=O) groups excluding carboxylic acids is 3. The van der Waals surface area contributed by atoms with Crippen molar-refractivity contribution in [1.29, 1.82) is 0 Å². The molecular formula is C71H120O6. The summed E-state index contributed by atoms with van der Waals surface area (Å²) in [6, 6.07) is 0. The van der Waals surface area contributed by atoms with E-state index in [1.165, 1.54) is 141 Å². The minimum Gasteiger partial charge on any atom is -0.462 e. The fraction of sp³-hybridized carbons (Fsp3) is 0.704. The molecule has 0 heterocycles. The zero-order valence-corrected chi connectivity index (χ0v) is 50.4. The Kier molecular flexibility index (Phi) is 61.3. The summed E-state index contributed by atoms with van der Waals surface area (Å²) in [6.45, 7) is 6.47. The number of esters is 3. The maximum absolute atomic E-state index is 12.9. The van der Waals surface area contributed by atoms with E-state index in [0.717, 1.165) is 122 Å². The zero-order chi connectivity index (χ0) is 55.7. The van der Waals surface area contributed by atoms with Crippen molar-refractivity contribution in [1.82, 2.24) is 0 Å². The predicted molar refractivity (Wildman–Crippen MR) is 334 cm³/mol. The van der Waals surface area contributed by atoms with Gasteiger partial charge in [0.2, 0.25) is 0 Å². The quantitative estimate of drug-likeness (QED) is 0.0261. The van der Waals surface area contributed by atoms with Crippen LogP contribution in [-0.4, -0.2) is 37.2 Å². The maximum Gasteiger partial charge on any atom is 0.306 e. The summed E-state index contributed by atoms with van der Waals surface area (Å²) < 4.78 is 16.9. The van der Waals surface area contributed by atoms with Crippen molar-refractivity contribution in [3.05, 3.63) is 109 Å². The molecule has 440 valence electrons. The van der Waals surface area contributed by atoms with Gasteiger partial charge in [0, 0.05) is 19.3 Å². The van der Waals surface area contributed by atoms with Gasteiger partial charge >= 0.3 is 17.9 Å². The second-order valence-corrected chi connectivity index (χ2v) is 21.3. The van der Waals surface area contributed by atoms with Gasteiger partial charge in [0.25, 0.3) is 0 Å². The summed E-state index contributed by atoms with van der Waals surface area (Å²) in [7, 11) is 0. The number of rotatable bonds is 58. The van der Waals surface area contributed by atoms with Crippen LogP contribution in [0.25, 0.3) is 0 Å². The fourth-order valence-corrected chi connectivity index (χ4v) is 8.91. The van der Waals surface area contributed by atoms with Crippen molar-refractivity contribution in [2.45, 2.75) is 309 Å². The Morgan fingerprint density at radius 1 is 0.273 bits per heavy atom. The van der Waals surface area contributed by atoms with Crippen LogP contribution in [-0.2, 0) is 28.6 Å². The monoisotopic (exact) mass is 1070 g/mol. The molecule has 0 fully saturated rings. The van der Waals surface area contributed by atoms with E-state index in [2.05, 4.69) is 130 Å². The SMILES string of the molecule is CC/C=C\C/C=C\C/C=C\C/C=C\C/C=C\C/C=C\C/C=C\C/C=C\CCCCC(=O)OCC(COC(=O)CCCCCCC/C=C\CCCC)OC(=O)CCCCCCCCCCCCCCCCCCCCCCC. The molecule has 1 unspecified atom stereocenters. The minimum atomic E-state index is -0.800. The van der Waals surface area contributed by atoms with Crippen LogP contribution in [0.2, 0.25) is 0 Å². The molecule has 0 aromatic heterocycles. The lowest BCUT2D eigenvalue weighted by Gasteiger charge is -2.18. The van der Waals surface area contributed by atoms with E-state index >= 15 is 0 Å². The zero-order valence-electron chi connectivity index (χ0n) is 50.4. The smallest absolute Gasteiger partial charge is 0.306 e. The Bertz CT molecular complexity index is 1560. The van der Waals surface area contributed by atoms with Crippen molar-refractivity contribution in [2.24, 2.45) is 0 Å². The number of hydrogen-bond donors (Lipinski definition) is 0. The first-order valence-electron chi connectivity index (χ1n) is 32.4. The van der Waals surface area contributed by atoms with Crippen LogP contribution in [0.3, 0.4) is 0 Å². The Hall–Kier alpha value is -3.93. The molecule has 0 saturated heterocycles. The van der Waals surface area contributed by atoms with Gasteiger partial charge < -0.3 is 14.2 Å². The number of ether oxygens (including phenoxy) is 3. The number of hydrogen-bond acceptors (Lipinski definition) is 6. The van der Waals surface area contributed by atoms with Gasteiger partial charge in [-0.05, 0) is 103 Å². The molecule has 0 N–H and O–H groups in total. The molecule has 77 heavy (non-hydrogen) atoms. The highest BCUT2D eigenvalue weighted by atomic mass is 16.6. The summed E-state index contributed by atoms with van der Waals surface area (Å²) >= 11 is 0. The predicted octanol–water partition coefficient (Wildman–Crippen LogP) is 22.2. The molecule has 0 aliphatic rings. The van der Waals surface area contributed by atoms with Gasteiger partial charge in [0.05, 0.1) is 0 Å². The largest absolute Gasteiger partial charge is 0.462 e. The number of unbranched alkanes of at least 4 members (excludes halogenated alkanes) is 29. The summed E-state index contributed by atoms with van der Waals surface area (Å²) in [5.74, 6) is -0.941. The van der Waals surface area contributed by atoms with E-state index in [1.54, 1.807) is 0 Å². The standard InChI is InChI=1S/C71H120O6/c1-4-7-10-13-16-19-22-24-26-28-30-32-33-34-35-36-37-39-40-42-44-46-49-52-55-58-61-64-70(73)76-67-68(66-75-69(72)63-60-57-54-51-48-21-18-15-12-9-6-3)77-71(74)65-62-59-56-53-50-47-45-43-41-38-31-29-27-25-23-20-17-14-11-8-5-2/h7,10,15-16,18-19,24,26,30,32,34-35,37,39,42,44,49,52,68H,4-6,8-9,11-14,17,20-23,25,27-29,31,33,36,38,40-41,43,45-48,50-51,53-67H2,1-3H3/b10-7-,18-15-,19-16-,26-24-,32-30-,35-34-,39-37-,44-42-,52-49-. The molecule has 0 aliphatic heterocycles. The first-order chi connectivity index (χ1) is 38.0. The molecule has 6 nitrogen and oxygen atoms in total. The Morgan fingerprint density at radius 3 is 0.870 bits per heavy atom. The molecule has 0 saturated carbocycles. The summed E-state index contributed by atoms with van der Waals surface area (Å²) in [5, 5.41) is 0. The van der Waals surface area contributed by atoms with Crippen LogP contribution in [0.15, 0.2) is 109 Å². The molecule has 0 aromatic rings. The normalized spacial score (nSPS) is 12.8. The summed E-state index contributed by atoms with van der Waals surface area (Å²) in [5.41, 5.74) is 0. The van der Waals surface area contributed by atoms with E-state index in [9.17, 15) is 14.4 Å². The van der Waals surface area contributed by atoms with Crippen LogP contribution in [0.5, 0.6) is 0 Å². The van der Waals surface area contributed by atoms with Crippen LogP contribution in [0.4, 0.5) is 0 Å². The summed E-state index contributed by atoms with van der Waals surface area (Å²) in [6.07, 6.45) is 88.2. The van der Waals surface area contributed by atoms with E-state index in [1.807, 2.05) is 0 Å². The van der Waals surface area contributed by atoms with E-state index in [-0.39, 0.29) is 31.1 Å². The van der Waals surface area contributed by atoms with E-state index in [0.29, 0.717) is 19.3 Å². The lowest BCUT2D eigenvalue weighted by Crippen LogP contribution is -2.30. The summed E-state index contributed by atoms with van der Waals surface area (Å²) in [4.78, 5) is 38.2. The molecule has 0 aliphatic carbocycles. The second-order valence-electron chi connectivity index (χ2n) is 21.3. The van der Waals surface area contributed by atoms with Gasteiger partial charge in [-0.1, -0.05) is 291 Å². The van der Waals surface area contributed by atoms with Gasteiger partial charge in [0.1, 0.15) is 13.2 Å². The third kappa shape index (κ3) is 62.8. The molecule has 0 amide bonds. The van der Waals surface area contributed by atoms with E-state index in [4.69, 9.17) is 14.2 Å². The minimum absolute atomic E-state index is 0.0951. The second kappa shape index (κ2) is 64.6. The van der Waals surface area contributed by atoms with Crippen molar-refractivity contribution in [2.75, 3.05) is 13.2 Å². The molecule has 0 spiro atoms. The Labute approximate surface area is 476 Å². The number of allylic oxidation sites excluding steroid dienone is 18. The highest BCUT2D eigenvalue weighted by Gasteiger charge is 2.19. The maximum atomic E-state index is 12.9. The third-order valence-corrected chi connectivity index (χ3v) is 13.8. The first-order valence-corrected chi connectivity index (χ1v) is 32.4. The third-order valence-electron chi connectivity index (χ3n) is 13.8. The number of carbonyl (C=O) groups is 3. The Balaban J connectivity index is 4.36. The van der Waals surface area contributed by atoms with Crippen LogP contribution in [0, 0.1) is 0 Å². The van der Waals surface area contributed by atoms with Gasteiger partial charge in [-0.25, -0.2) is 0 Å². The van der Waals surface area contributed by atoms with Gasteiger partial charge in [-0.15, -0.1) is 0 Å². The Morgan fingerprint density at radius 2 is 0.519 bits per heavy atom. The molecular weight excluding hydrogens is 949 g/mol.